The fourth-order valence-corrected chi connectivity index (χ4v) is 4.02. The van der Waals surface area contributed by atoms with Crippen LogP contribution in [0, 0.1) is 17.5 Å². The molecule has 0 saturated heterocycles. The minimum absolute atomic E-state index is 0.253. The molecule has 0 spiro atoms. The number of nitrogens with two attached hydrogens (primary N) is 1. The number of aromatic nitrogens is 2. The summed E-state index contributed by atoms with van der Waals surface area (Å²) in [5, 5.41) is 5.77. The number of carbonyl (C=O) groups excluding carboxylic acids is 1. The molecule has 0 aliphatic carbocycles. The van der Waals surface area contributed by atoms with Crippen LogP contribution in [0.25, 0.3) is 16.5 Å². The molecule has 0 radical (unpaired) electrons. The van der Waals surface area contributed by atoms with E-state index in [2.05, 4.69) is 31.5 Å². The number of fused-ring (bicyclic) bond motifs is 1. The number of nitrogen functional groups attached to an aromatic ring is 1. The maximum atomic E-state index is 14.6. The van der Waals surface area contributed by atoms with Gasteiger partial charge in [-0.25, -0.2) is 22.9 Å². The van der Waals surface area contributed by atoms with E-state index in [1.54, 1.807) is 12.3 Å². The minimum Gasteiger partial charge on any atom is -0.384 e. The SMILES string of the molecule is CCc1c(=O)n(-c2cc(NC(=O)Nc3ccc(F)cc3F)c(F)cc2Br)cc2cnc(N)cc12. The van der Waals surface area contributed by atoms with Gasteiger partial charge in [0.05, 0.1) is 17.1 Å². The van der Waals surface area contributed by atoms with E-state index in [0.717, 1.165) is 18.2 Å². The Balaban J connectivity index is 1.74. The molecule has 4 N–H and O–H groups in total. The zero-order valence-electron chi connectivity index (χ0n) is 17.6. The van der Waals surface area contributed by atoms with E-state index in [4.69, 9.17) is 5.73 Å². The number of urea groups is 1. The van der Waals surface area contributed by atoms with Crippen LogP contribution in [0.2, 0.25) is 0 Å². The van der Waals surface area contributed by atoms with Crippen molar-refractivity contribution in [2.75, 3.05) is 16.4 Å². The summed E-state index contributed by atoms with van der Waals surface area (Å²) in [5.41, 5.74) is 5.60. The van der Waals surface area contributed by atoms with Crippen molar-refractivity contribution >= 4 is 49.9 Å². The molecule has 4 rings (SSSR count). The average Bonchev–Trinajstić information content (AvgIpc) is 2.77. The van der Waals surface area contributed by atoms with Crippen molar-refractivity contribution in [2.45, 2.75) is 13.3 Å². The number of anilines is 3. The standard InChI is InChI=1S/C23H17BrF3N5O2/c1-2-13-14-6-21(28)29-9-11(14)10-32(22(13)33)20-8-19(17(27)7-15(20)24)31-23(34)30-18-4-3-12(25)5-16(18)26/h3-10H,2,28H2,1H3,(H2,30,31,34). The maximum Gasteiger partial charge on any atom is 0.323 e. The molecule has 2 amide bonds. The van der Waals surface area contributed by atoms with E-state index in [1.807, 2.05) is 6.92 Å². The van der Waals surface area contributed by atoms with Crippen LogP contribution in [-0.2, 0) is 6.42 Å². The second kappa shape index (κ2) is 9.18. The summed E-state index contributed by atoms with van der Waals surface area (Å²) in [5.74, 6) is -2.32. The predicted octanol–water partition coefficient (Wildman–Crippen LogP) is 5.35. The summed E-state index contributed by atoms with van der Waals surface area (Å²) in [6, 6.07) is 5.62. The average molecular weight is 532 g/mol. The molecule has 7 nitrogen and oxygen atoms in total. The molecule has 0 fully saturated rings. The van der Waals surface area contributed by atoms with Gasteiger partial charge in [-0.2, -0.15) is 0 Å². The van der Waals surface area contributed by atoms with Gasteiger partial charge >= 0.3 is 6.03 Å². The van der Waals surface area contributed by atoms with Gasteiger partial charge in [0.15, 0.2) is 0 Å². The van der Waals surface area contributed by atoms with Crippen molar-refractivity contribution in [3.05, 3.63) is 86.6 Å². The van der Waals surface area contributed by atoms with Gasteiger partial charge in [0, 0.05) is 33.9 Å². The molecule has 2 heterocycles. The second-order valence-corrected chi connectivity index (χ2v) is 8.17. The van der Waals surface area contributed by atoms with Crippen molar-refractivity contribution in [3.8, 4) is 5.69 Å². The van der Waals surface area contributed by atoms with Crippen LogP contribution in [-0.4, -0.2) is 15.6 Å². The monoisotopic (exact) mass is 531 g/mol. The molecule has 0 aliphatic rings. The summed E-state index contributed by atoms with van der Waals surface area (Å²) in [7, 11) is 0. The van der Waals surface area contributed by atoms with E-state index < -0.39 is 23.5 Å². The lowest BCUT2D eigenvalue weighted by atomic mass is 10.1. The van der Waals surface area contributed by atoms with E-state index in [9.17, 15) is 22.8 Å². The Morgan fingerprint density at radius 2 is 1.79 bits per heavy atom. The Bertz CT molecular complexity index is 1510. The number of amides is 2. The lowest BCUT2D eigenvalue weighted by Crippen LogP contribution is -2.24. The van der Waals surface area contributed by atoms with Gasteiger partial charge in [0.2, 0.25) is 0 Å². The lowest BCUT2D eigenvalue weighted by molar-refractivity contribution is 0.262. The third-order valence-electron chi connectivity index (χ3n) is 5.10. The van der Waals surface area contributed by atoms with Gasteiger partial charge in [0.25, 0.3) is 5.56 Å². The molecule has 2 aromatic carbocycles. The highest BCUT2D eigenvalue weighted by Crippen LogP contribution is 2.29. The zero-order chi connectivity index (χ0) is 24.6. The fourth-order valence-electron chi connectivity index (χ4n) is 3.51. The molecule has 0 saturated carbocycles. The van der Waals surface area contributed by atoms with Crippen molar-refractivity contribution < 1.29 is 18.0 Å². The van der Waals surface area contributed by atoms with E-state index in [-0.39, 0.29) is 32.9 Å². The first-order valence-corrected chi connectivity index (χ1v) is 10.8. The van der Waals surface area contributed by atoms with Crippen molar-refractivity contribution in [2.24, 2.45) is 0 Å². The molecule has 174 valence electrons. The molecule has 2 aromatic heterocycles. The van der Waals surface area contributed by atoms with Crippen LogP contribution in [0.3, 0.4) is 0 Å². The summed E-state index contributed by atoms with van der Waals surface area (Å²) in [6.07, 6.45) is 3.48. The number of hydrogen-bond acceptors (Lipinski definition) is 4. The van der Waals surface area contributed by atoms with E-state index >= 15 is 0 Å². The van der Waals surface area contributed by atoms with Crippen molar-refractivity contribution in [1.29, 1.82) is 0 Å². The number of nitrogens with one attached hydrogen (secondary N) is 2. The van der Waals surface area contributed by atoms with Gasteiger partial charge < -0.3 is 16.4 Å². The molecule has 0 atom stereocenters. The third-order valence-corrected chi connectivity index (χ3v) is 5.74. The Kier molecular flexibility index (Phi) is 6.29. The Labute approximate surface area is 199 Å². The lowest BCUT2D eigenvalue weighted by Gasteiger charge is -2.15. The quantitative estimate of drug-likeness (QED) is 0.330. The van der Waals surface area contributed by atoms with Crippen molar-refractivity contribution in [3.63, 3.8) is 0 Å². The number of halogens is 4. The number of rotatable bonds is 4. The van der Waals surface area contributed by atoms with E-state index in [0.29, 0.717) is 28.8 Å². The summed E-state index contributed by atoms with van der Waals surface area (Å²) >= 11 is 3.26. The van der Waals surface area contributed by atoms with Gasteiger partial charge in [-0.3, -0.25) is 9.36 Å². The van der Waals surface area contributed by atoms with Crippen LogP contribution in [0.5, 0.6) is 0 Å². The number of carbonyl (C=O) groups is 1. The molecule has 11 heteroatoms. The van der Waals surface area contributed by atoms with Crippen LogP contribution in [0.1, 0.15) is 12.5 Å². The molecule has 4 aromatic rings. The largest absolute Gasteiger partial charge is 0.384 e. The Hall–Kier alpha value is -3.86. The molecule has 34 heavy (non-hydrogen) atoms. The molecule has 0 bridgehead atoms. The molecule has 0 unspecified atom stereocenters. The normalized spacial score (nSPS) is 11.0. The van der Waals surface area contributed by atoms with Crippen molar-refractivity contribution in [1.82, 2.24) is 9.55 Å². The minimum atomic E-state index is -0.990. The number of benzene rings is 2. The van der Waals surface area contributed by atoms with Crippen LogP contribution in [0.4, 0.5) is 35.2 Å². The summed E-state index contributed by atoms with van der Waals surface area (Å²) in [6.45, 7) is 1.82. The van der Waals surface area contributed by atoms with Gasteiger partial charge in [-0.05, 0) is 58.1 Å². The highest BCUT2D eigenvalue weighted by Gasteiger charge is 2.17. The first-order chi connectivity index (χ1) is 16.2. The Morgan fingerprint density at radius 1 is 1.09 bits per heavy atom. The summed E-state index contributed by atoms with van der Waals surface area (Å²) in [4.78, 5) is 29.6. The molecular weight excluding hydrogens is 515 g/mol. The second-order valence-electron chi connectivity index (χ2n) is 7.32. The highest BCUT2D eigenvalue weighted by atomic mass is 79.9. The van der Waals surface area contributed by atoms with E-state index in [1.165, 1.54) is 16.8 Å². The number of nitrogens with zero attached hydrogens (tertiary/aromatic N) is 2. The highest BCUT2D eigenvalue weighted by molar-refractivity contribution is 9.10. The van der Waals surface area contributed by atoms with Gasteiger partial charge in [0.1, 0.15) is 23.3 Å². The maximum absolute atomic E-state index is 14.6. The Morgan fingerprint density at radius 3 is 2.50 bits per heavy atom. The van der Waals surface area contributed by atoms with Gasteiger partial charge in [-0.1, -0.05) is 6.92 Å². The van der Waals surface area contributed by atoms with Crippen LogP contribution in [0.15, 0.2) is 58.1 Å². The number of pyridine rings is 2. The topological polar surface area (TPSA) is 102 Å². The predicted molar refractivity (Wildman–Crippen MR) is 128 cm³/mol. The van der Waals surface area contributed by atoms with Crippen LogP contribution >= 0.6 is 15.9 Å². The number of hydrogen-bond donors (Lipinski definition) is 3. The van der Waals surface area contributed by atoms with Crippen LogP contribution < -0.4 is 21.9 Å². The third kappa shape index (κ3) is 4.46. The fraction of sp³-hybridized carbons (Fsp3) is 0.0870. The smallest absolute Gasteiger partial charge is 0.323 e. The molecule has 0 aliphatic heterocycles. The summed E-state index contributed by atoms with van der Waals surface area (Å²) < 4.78 is 43.1. The van der Waals surface area contributed by atoms with Gasteiger partial charge in [-0.15, -0.1) is 0 Å². The zero-order valence-corrected chi connectivity index (χ0v) is 19.2. The first-order valence-electron chi connectivity index (χ1n) is 10.00. The number of aryl methyl sites for hydroxylation is 1. The molecular formula is C23H17BrF3N5O2. The first kappa shape index (κ1) is 23.3.